The second kappa shape index (κ2) is 5.86. The van der Waals surface area contributed by atoms with Gasteiger partial charge in [0.15, 0.2) is 0 Å². The summed E-state index contributed by atoms with van der Waals surface area (Å²) in [7, 11) is 0. The smallest absolute Gasteiger partial charge is 0.262 e. The average Bonchev–Trinajstić information content (AvgIpc) is 2.71. The molecule has 1 N–H and O–H groups in total. The number of carbonyl (C=O) groups is 3. The van der Waals surface area contributed by atoms with Crippen molar-refractivity contribution in [3.63, 3.8) is 0 Å². The van der Waals surface area contributed by atoms with Crippen LogP contribution in [0.5, 0.6) is 0 Å². The molecular weight excluding hydrogens is 256 g/mol. The number of nitrogens with zero attached hydrogens (tertiary/aromatic N) is 1. The molecule has 2 rings (SSSR count). The maximum absolute atomic E-state index is 12.2. The molecule has 5 nitrogen and oxygen atoms in total. The molecule has 5 heteroatoms. The Morgan fingerprint density at radius 3 is 2.25 bits per heavy atom. The van der Waals surface area contributed by atoms with E-state index in [9.17, 15) is 14.4 Å². The summed E-state index contributed by atoms with van der Waals surface area (Å²) in [5, 5.41) is 2.74. The Hall–Kier alpha value is -2.17. The van der Waals surface area contributed by atoms with Crippen molar-refractivity contribution >= 4 is 17.7 Å². The van der Waals surface area contributed by atoms with Crippen LogP contribution in [0.15, 0.2) is 24.3 Å². The highest BCUT2D eigenvalue weighted by Gasteiger charge is 2.40. The van der Waals surface area contributed by atoms with Crippen LogP contribution in [0.2, 0.25) is 0 Å². The largest absolute Gasteiger partial charge is 0.354 e. The maximum Gasteiger partial charge on any atom is 0.262 e. The van der Waals surface area contributed by atoms with Gasteiger partial charge in [-0.2, -0.15) is 0 Å². The fraction of sp³-hybridized carbons (Fsp3) is 0.400. The Morgan fingerprint density at radius 1 is 1.20 bits per heavy atom. The van der Waals surface area contributed by atoms with Gasteiger partial charge < -0.3 is 5.32 Å². The monoisotopic (exact) mass is 274 g/mol. The third-order valence-corrected chi connectivity index (χ3v) is 3.42. The Morgan fingerprint density at radius 2 is 1.75 bits per heavy atom. The topological polar surface area (TPSA) is 66.5 Å². The van der Waals surface area contributed by atoms with Crippen molar-refractivity contribution in [2.24, 2.45) is 0 Å². The number of hydrogen-bond donors (Lipinski definition) is 1. The van der Waals surface area contributed by atoms with E-state index < -0.39 is 17.9 Å². The van der Waals surface area contributed by atoms with Crippen molar-refractivity contribution in [3.05, 3.63) is 35.4 Å². The summed E-state index contributed by atoms with van der Waals surface area (Å²) in [6, 6.07) is 5.84. The van der Waals surface area contributed by atoms with Crippen LogP contribution in [-0.4, -0.2) is 35.2 Å². The van der Waals surface area contributed by atoms with Crippen LogP contribution in [0, 0.1) is 0 Å². The number of unbranched alkanes of at least 4 members (excludes halogenated alkanes) is 1. The molecule has 1 aromatic rings. The highest BCUT2D eigenvalue weighted by atomic mass is 16.2. The Kier molecular flexibility index (Phi) is 4.17. The van der Waals surface area contributed by atoms with Crippen molar-refractivity contribution in [3.8, 4) is 0 Å². The van der Waals surface area contributed by atoms with Gasteiger partial charge in [0.05, 0.1) is 11.1 Å². The minimum Gasteiger partial charge on any atom is -0.354 e. The number of hydrogen-bond acceptors (Lipinski definition) is 3. The van der Waals surface area contributed by atoms with Gasteiger partial charge in [0.2, 0.25) is 5.91 Å². The summed E-state index contributed by atoms with van der Waals surface area (Å²) in [6.07, 6.45) is 1.85. The van der Waals surface area contributed by atoms with Crippen molar-refractivity contribution < 1.29 is 14.4 Å². The molecular formula is C15H18N2O3. The molecule has 106 valence electrons. The highest BCUT2D eigenvalue weighted by molar-refractivity contribution is 6.22. The van der Waals surface area contributed by atoms with E-state index in [0.29, 0.717) is 17.7 Å². The summed E-state index contributed by atoms with van der Waals surface area (Å²) in [5.41, 5.74) is 0.733. The van der Waals surface area contributed by atoms with Gasteiger partial charge in [-0.05, 0) is 25.5 Å². The van der Waals surface area contributed by atoms with Crippen molar-refractivity contribution in [2.45, 2.75) is 32.7 Å². The first-order chi connectivity index (χ1) is 9.57. The zero-order valence-electron chi connectivity index (χ0n) is 11.7. The number of rotatable bonds is 5. The molecule has 0 aliphatic carbocycles. The molecule has 0 saturated carbocycles. The quantitative estimate of drug-likeness (QED) is 0.655. The third kappa shape index (κ3) is 2.43. The van der Waals surface area contributed by atoms with E-state index in [0.717, 1.165) is 17.7 Å². The molecule has 1 aliphatic heterocycles. The average molecular weight is 274 g/mol. The second-order valence-corrected chi connectivity index (χ2v) is 4.85. The van der Waals surface area contributed by atoms with E-state index in [1.54, 1.807) is 31.2 Å². The molecule has 0 aromatic heterocycles. The lowest BCUT2D eigenvalue weighted by molar-refractivity contribution is -0.124. The number of imide groups is 1. The molecule has 1 atom stereocenters. The number of amides is 3. The predicted octanol–water partition coefficient (Wildman–Crippen LogP) is 1.59. The van der Waals surface area contributed by atoms with Crippen LogP contribution in [0.3, 0.4) is 0 Å². The van der Waals surface area contributed by atoms with Crippen LogP contribution in [0.25, 0.3) is 0 Å². The van der Waals surface area contributed by atoms with E-state index >= 15 is 0 Å². The van der Waals surface area contributed by atoms with Gasteiger partial charge in [0.1, 0.15) is 6.04 Å². The first kappa shape index (κ1) is 14.2. The first-order valence-corrected chi connectivity index (χ1v) is 6.82. The van der Waals surface area contributed by atoms with E-state index in [2.05, 4.69) is 5.32 Å². The van der Waals surface area contributed by atoms with E-state index in [1.165, 1.54) is 0 Å². The second-order valence-electron chi connectivity index (χ2n) is 4.85. The first-order valence-electron chi connectivity index (χ1n) is 6.82. The Labute approximate surface area is 118 Å². The lowest BCUT2D eigenvalue weighted by Gasteiger charge is -2.21. The van der Waals surface area contributed by atoms with Crippen molar-refractivity contribution in [1.29, 1.82) is 0 Å². The molecule has 3 amide bonds. The normalized spacial score (nSPS) is 15.2. The standard InChI is InChI=1S/C15H18N2O3/c1-3-4-9-16-13(18)10(2)17-14(19)11-7-5-6-8-12(11)15(17)20/h5-8,10H,3-4,9H2,1-2H3,(H,16,18). The third-order valence-electron chi connectivity index (χ3n) is 3.42. The number of fused-ring (bicyclic) bond motifs is 1. The van der Waals surface area contributed by atoms with Crippen molar-refractivity contribution in [1.82, 2.24) is 10.2 Å². The predicted molar refractivity (Wildman–Crippen MR) is 74.3 cm³/mol. The SMILES string of the molecule is CCCCNC(=O)C(C)N1C(=O)c2ccccc2C1=O. The number of nitrogens with one attached hydrogen (secondary N) is 1. The van der Waals surface area contributed by atoms with Gasteiger partial charge in [-0.25, -0.2) is 0 Å². The summed E-state index contributed by atoms with van der Waals surface area (Å²) in [5.74, 6) is -1.10. The summed E-state index contributed by atoms with van der Waals surface area (Å²) < 4.78 is 0. The molecule has 0 saturated heterocycles. The summed E-state index contributed by atoms with van der Waals surface area (Å²) in [4.78, 5) is 37.4. The minimum absolute atomic E-state index is 0.298. The van der Waals surface area contributed by atoms with E-state index in [-0.39, 0.29) is 5.91 Å². The van der Waals surface area contributed by atoms with Gasteiger partial charge in [0.25, 0.3) is 11.8 Å². The van der Waals surface area contributed by atoms with E-state index in [1.807, 2.05) is 6.92 Å². The van der Waals surface area contributed by atoms with Gasteiger partial charge in [-0.15, -0.1) is 0 Å². The van der Waals surface area contributed by atoms with Gasteiger partial charge in [-0.3, -0.25) is 19.3 Å². The van der Waals surface area contributed by atoms with Gasteiger partial charge in [0, 0.05) is 6.54 Å². The Bertz CT molecular complexity index is 519. The van der Waals surface area contributed by atoms with Crippen LogP contribution in [0.4, 0.5) is 0 Å². The maximum atomic E-state index is 12.2. The summed E-state index contributed by atoms with van der Waals surface area (Å²) >= 11 is 0. The Balaban J connectivity index is 2.13. The molecule has 1 heterocycles. The van der Waals surface area contributed by atoms with Crippen LogP contribution < -0.4 is 5.32 Å². The zero-order valence-corrected chi connectivity index (χ0v) is 11.7. The molecule has 0 bridgehead atoms. The lowest BCUT2D eigenvalue weighted by Crippen LogP contribution is -2.48. The molecule has 0 radical (unpaired) electrons. The molecule has 0 fully saturated rings. The number of carbonyl (C=O) groups excluding carboxylic acids is 3. The van der Waals surface area contributed by atoms with E-state index in [4.69, 9.17) is 0 Å². The molecule has 0 spiro atoms. The fourth-order valence-electron chi connectivity index (χ4n) is 2.21. The molecule has 1 aliphatic rings. The molecule has 20 heavy (non-hydrogen) atoms. The van der Waals surface area contributed by atoms with Crippen molar-refractivity contribution in [2.75, 3.05) is 6.54 Å². The van der Waals surface area contributed by atoms with Gasteiger partial charge in [-0.1, -0.05) is 25.5 Å². The lowest BCUT2D eigenvalue weighted by atomic mass is 10.1. The highest BCUT2D eigenvalue weighted by Crippen LogP contribution is 2.24. The van der Waals surface area contributed by atoms with Crippen LogP contribution in [0.1, 0.15) is 47.4 Å². The van der Waals surface area contributed by atoms with Crippen LogP contribution in [-0.2, 0) is 4.79 Å². The fourth-order valence-corrected chi connectivity index (χ4v) is 2.21. The minimum atomic E-state index is -0.792. The molecule has 1 aromatic carbocycles. The van der Waals surface area contributed by atoms with Crippen LogP contribution >= 0.6 is 0 Å². The van der Waals surface area contributed by atoms with Gasteiger partial charge >= 0.3 is 0 Å². The molecule has 1 unspecified atom stereocenters. The summed E-state index contributed by atoms with van der Waals surface area (Å²) in [6.45, 7) is 4.16. The zero-order chi connectivity index (χ0) is 14.7. The number of benzene rings is 1.